The molecule has 1 aromatic carbocycles. The zero-order valence-electron chi connectivity index (χ0n) is 11.2. The maximum Gasteiger partial charge on any atom is 0.345 e. The second-order valence-corrected chi connectivity index (χ2v) is 7.80. The number of anilines is 1. The lowest BCUT2D eigenvalue weighted by atomic mass is 10.2. The number of rotatable bonds is 2. The molecule has 0 saturated heterocycles. The van der Waals surface area contributed by atoms with Crippen molar-refractivity contribution in [3.05, 3.63) is 23.1 Å². The van der Waals surface area contributed by atoms with Gasteiger partial charge >= 0.3 is 5.97 Å². The monoisotopic (exact) mass is 327 g/mol. The molecule has 1 aliphatic heterocycles. The number of hydrogen-bond donors (Lipinski definition) is 1. The summed E-state index contributed by atoms with van der Waals surface area (Å²) in [6, 6.07) is 4.94. The Bertz CT molecular complexity index is 824. The van der Waals surface area contributed by atoms with E-state index in [1.165, 1.54) is 4.31 Å². The van der Waals surface area contributed by atoms with E-state index in [2.05, 4.69) is 0 Å². The number of nitrogens with zero attached hydrogens (tertiary/aromatic N) is 1. The number of carboxylic acid groups (broad SMARTS) is 1. The third kappa shape index (κ3) is 2.56. The summed E-state index contributed by atoms with van der Waals surface area (Å²) in [5.74, 6) is -0.517. The molecule has 1 aromatic heterocycles. The van der Waals surface area contributed by atoms with E-state index >= 15 is 0 Å². The Hall–Kier alpha value is -1.80. The van der Waals surface area contributed by atoms with E-state index < -0.39 is 16.0 Å². The van der Waals surface area contributed by atoms with Crippen LogP contribution in [0.5, 0.6) is 5.75 Å². The van der Waals surface area contributed by atoms with Crippen molar-refractivity contribution in [2.24, 2.45) is 0 Å². The summed E-state index contributed by atoms with van der Waals surface area (Å²) >= 11 is 1.15. The van der Waals surface area contributed by atoms with Gasteiger partial charge in [-0.05, 0) is 17.5 Å². The zero-order valence-corrected chi connectivity index (χ0v) is 12.8. The van der Waals surface area contributed by atoms with Crippen LogP contribution in [0.1, 0.15) is 16.1 Å². The van der Waals surface area contributed by atoms with E-state index in [9.17, 15) is 13.2 Å². The summed E-state index contributed by atoms with van der Waals surface area (Å²) in [4.78, 5) is 11.3. The van der Waals surface area contributed by atoms with Crippen LogP contribution in [0.2, 0.25) is 0 Å². The molecule has 0 bridgehead atoms. The van der Waals surface area contributed by atoms with E-state index in [1.54, 1.807) is 18.2 Å². The molecule has 2 aromatic rings. The second-order valence-electron chi connectivity index (χ2n) is 4.81. The maximum absolute atomic E-state index is 11.9. The molecule has 0 amide bonds. The molecule has 0 aliphatic carbocycles. The molecule has 0 spiro atoms. The minimum Gasteiger partial charge on any atom is -0.491 e. The third-order valence-corrected chi connectivity index (χ3v) is 5.51. The second kappa shape index (κ2) is 4.88. The van der Waals surface area contributed by atoms with Crippen molar-refractivity contribution in [3.63, 3.8) is 0 Å². The van der Waals surface area contributed by atoms with Gasteiger partial charge in [-0.2, -0.15) is 0 Å². The van der Waals surface area contributed by atoms with E-state index in [0.717, 1.165) is 22.3 Å². The highest BCUT2D eigenvalue weighted by Gasteiger charge is 2.25. The summed E-state index contributed by atoms with van der Waals surface area (Å²) in [6.07, 6.45) is 1.76. The molecule has 1 aliphatic rings. The van der Waals surface area contributed by atoms with Gasteiger partial charge in [0.05, 0.1) is 18.6 Å². The topological polar surface area (TPSA) is 83.9 Å². The van der Waals surface area contributed by atoms with Crippen molar-refractivity contribution in [2.45, 2.75) is 6.42 Å². The van der Waals surface area contributed by atoms with E-state index in [4.69, 9.17) is 9.84 Å². The Morgan fingerprint density at radius 1 is 1.38 bits per heavy atom. The summed E-state index contributed by atoms with van der Waals surface area (Å²) in [5, 5.41) is 9.75. The maximum atomic E-state index is 11.9. The van der Waals surface area contributed by atoms with Gasteiger partial charge in [0.2, 0.25) is 10.0 Å². The molecule has 21 heavy (non-hydrogen) atoms. The van der Waals surface area contributed by atoms with Crippen LogP contribution < -0.4 is 9.04 Å². The minimum absolute atomic E-state index is 0.219. The average molecular weight is 327 g/mol. The van der Waals surface area contributed by atoms with Gasteiger partial charge in [0, 0.05) is 23.7 Å². The Kier molecular flexibility index (Phi) is 3.29. The van der Waals surface area contributed by atoms with Crippen molar-refractivity contribution in [2.75, 3.05) is 23.7 Å². The fourth-order valence-electron chi connectivity index (χ4n) is 2.33. The quantitative estimate of drug-likeness (QED) is 0.913. The van der Waals surface area contributed by atoms with Gasteiger partial charge in [-0.15, -0.1) is 11.3 Å². The average Bonchev–Trinajstić information content (AvgIpc) is 2.67. The fraction of sp³-hybridized carbons (Fsp3) is 0.308. The standard InChI is InChI=1S/C13H13NO5S2/c1-21(17,18)14-3-2-4-19-10-7-11-8(5-9(10)14)6-12(20-11)13(15)16/h5-7H,2-4H2,1H3,(H,15,16). The largest absolute Gasteiger partial charge is 0.491 e. The molecule has 3 rings (SSSR count). The molecule has 8 heteroatoms. The van der Waals surface area contributed by atoms with Crippen molar-refractivity contribution >= 4 is 43.1 Å². The van der Waals surface area contributed by atoms with E-state index in [0.29, 0.717) is 36.4 Å². The number of fused-ring (bicyclic) bond motifs is 2. The lowest BCUT2D eigenvalue weighted by Gasteiger charge is -2.21. The summed E-state index contributed by atoms with van der Waals surface area (Å²) in [5.41, 5.74) is 0.470. The van der Waals surface area contributed by atoms with E-state index in [1.807, 2.05) is 0 Å². The SMILES string of the molecule is CS(=O)(=O)N1CCCOc2cc3sc(C(=O)O)cc3cc21. The normalized spacial score (nSPS) is 15.4. The van der Waals surface area contributed by atoms with Crippen LogP contribution in [-0.4, -0.2) is 38.9 Å². The highest BCUT2D eigenvalue weighted by atomic mass is 32.2. The zero-order chi connectivity index (χ0) is 15.2. The first-order valence-corrected chi connectivity index (χ1v) is 8.94. The highest BCUT2D eigenvalue weighted by Crippen LogP contribution is 2.39. The van der Waals surface area contributed by atoms with Gasteiger partial charge in [-0.3, -0.25) is 4.31 Å². The van der Waals surface area contributed by atoms with Gasteiger partial charge in [-0.25, -0.2) is 13.2 Å². The van der Waals surface area contributed by atoms with Gasteiger partial charge in [0.15, 0.2) is 0 Å². The molecule has 0 atom stereocenters. The predicted octanol–water partition coefficient (Wildman–Crippen LogP) is 2.15. The van der Waals surface area contributed by atoms with Crippen LogP contribution >= 0.6 is 11.3 Å². The van der Waals surface area contributed by atoms with Crippen LogP contribution in [0, 0.1) is 0 Å². The summed E-state index contributed by atoms with van der Waals surface area (Å²) in [6.45, 7) is 0.787. The molecule has 0 fully saturated rings. The lowest BCUT2D eigenvalue weighted by molar-refractivity contribution is 0.0702. The molecule has 0 unspecified atom stereocenters. The van der Waals surface area contributed by atoms with Crippen molar-refractivity contribution in [1.82, 2.24) is 0 Å². The van der Waals surface area contributed by atoms with Crippen LogP contribution in [0.15, 0.2) is 18.2 Å². The summed E-state index contributed by atoms with van der Waals surface area (Å²) in [7, 11) is -3.40. The Morgan fingerprint density at radius 3 is 2.81 bits per heavy atom. The number of thiophene rings is 1. The number of hydrogen-bond acceptors (Lipinski definition) is 5. The Morgan fingerprint density at radius 2 is 2.14 bits per heavy atom. The van der Waals surface area contributed by atoms with Crippen LogP contribution in [-0.2, 0) is 10.0 Å². The first kappa shape index (κ1) is 14.2. The molecule has 2 heterocycles. The highest BCUT2D eigenvalue weighted by molar-refractivity contribution is 7.92. The van der Waals surface area contributed by atoms with Gasteiger partial charge in [0.1, 0.15) is 10.6 Å². The Balaban J connectivity index is 2.22. The first-order chi connectivity index (χ1) is 9.86. The van der Waals surface area contributed by atoms with Gasteiger partial charge in [0.25, 0.3) is 0 Å². The number of aromatic carboxylic acids is 1. The molecule has 112 valence electrons. The van der Waals surface area contributed by atoms with Crippen LogP contribution in [0.4, 0.5) is 5.69 Å². The smallest absolute Gasteiger partial charge is 0.345 e. The molecular weight excluding hydrogens is 314 g/mol. The first-order valence-electron chi connectivity index (χ1n) is 6.27. The predicted molar refractivity (Wildman–Crippen MR) is 81.1 cm³/mol. The van der Waals surface area contributed by atoms with Crippen molar-refractivity contribution in [3.8, 4) is 5.75 Å². The lowest BCUT2D eigenvalue weighted by Crippen LogP contribution is -2.30. The number of ether oxygens (including phenoxy) is 1. The fourth-order valence-corrected chi connectivity index (χ4v) is 4.20. The number of carboxylic acids is 1. The molecule has 0 radical (unpaired) electrons. The molecule has 6 nitrogen and oxygen atoms in total. The van der Waals surface area contributed by atoms with Gasteiger partial charge < -0.3 is 9.84 Å². The molecular formula is C13H13NO5S2. The number of benzene rings is 1. The third-order valence-electron chi connectivity index (χ3n) is 3.24. The van der Waals surface area contributed by atoms with Gasteiger partial charge in [-0.1, -0.05) is 0 Å². The number of carbonyl (C=O) groups is 1. The van der Waals surface area contributed by atoms with Crippen LogP contribution in [0.25, 0.3) is 10.1 Å². The molecule has 1 N–H and O–H groups in total. The van der Waals surface area contributed by atoms with Crippen molar-refractivity contribution < 1.29 is 23.1 Å². The van der Waals surface area contributed by atoms with E-state index in [-0.39, 0.29) is 4.88 Å². The van der Waals surface area contributed by atoms with Crippen molar-refractivity contribution in [1.29, 1.82) is 0 Å². The summed E-state index contributed by atoms with van der Waals surface area (Å²) < 4.78 is 31.5. The Labute approximate surface area is 125 Å². The minimum atomic E-state index is -3.40. The van der Waals surface area contributed by atoms with Crippen LogP contribution in [0.3, 0.4) is 0 Å². The number of sulfonamides is 1. The molecule has 0 saturated carbocycles.